The zero-order valence-electron chi connectivity index (χ0n) is 13.1. The molecule has 1 saturated carbocycles. The predicted molar refractivity (Wildman–Crippen MR) is 83.6 cm³/mol. The third kappa shape index (κ3) is 3.28. The zero-order valence-corrected chi connectivity index (χ0v) is 13.1. The van der Waals surface area contributed by atoms with E-state index in [-0.39, 0.29) is 0 Å². The Bertz CT molecular complexity index is 493. The van der Waals surface area contributed by atoms with Gasteiger partial charge < -0.3 is 15.4 Å². The fraction of sp³-hybridized carbons (Fsp3) is 0.750. The molecule has 1 aromatic rings. The second-order valence-electron chi connectivity index (χ2n) is 6.49. The Balaban J connectivity index is 1.73. The first-order valence-corrected chi connectivity index (χ1v) is 8.14. The number of ether oxygens (including phenoxy) is 1. The average Bonchev–Trinajstić information content (AvgIpc) is 2.87. The number of fused-ring (bicyclic) bond motifs is 1. The van der Waals surface area contributed by atoms with Crippen LogP contribution in [0.5, 0.6) is 5.88 Å². The van der Waals surface area contributed by atoms with Crippen molar-refractivity contribution in [3.8, 4) is 5.88 Å². The lowest BCUT2D eigenvalue weighted by atomic mass is 9.79. The Morgan fingerprint density at radius 2 is 2.10 bits per heavy atom. The SMILES string of the molecule is CCCOc1cc(C)nc(N2C[C@H]3CCC(N)C[C@H]3C2)n1. The normalized spacial score (nSPS) is 28.5. The maximum Gasteiger partial charge on any atom is 0.228 e. The topological polar surface area (TPSA) is 64.3 Å². The van der Waals surface area contributed by atoms with Crippen molar-refractivity contribution < 1.29 is 4.74 Å². The van der Waals surface area contributed by atoms with Crippen molar-refractivity contribution in [3.05, 3.63) is 11.8 Å². The van der Waals surface area contributed by atoms with Gasteiger partial charge in [0.15, 0.2) is 0 Å². The van der Waals surface area contributed by atoms with Crippen LogP contribution in [0.4, 0.5) is 5.95 Å². The highest BCUT2D eigenvalue weighted by atomic mass is 16.5. The molecule has 1 saturated heterocycles. The van der Waals surface area contributed by atoms with E-state index in [0.29, 0.717) is 24.4 Å². The van der Waals surface area contributed by atoms with E-state index in [2.05, 4.69) is 21.8 Å². The van der Waals surface area contributed by atoms with Crippen molar-refractivity contribution in [2.45, 2.75) is 45.6 Å². The molecule has 0 amide bonds. The van der Waals surface area contributed by atoms with Gasteiger partial charge in [-0.1, -0.05) is 6.92 Å². The van der Waals surface area contributed by atoms with E-state index in [0.717, 1.165) is 49.9 Å². The van der Waals surface area contributed by atoms with Gasteiger partial charge in [-0.25, -0.2) is 4.98 Å². The molecular formula is C16H26N4O. The molecule has 3 atom stereocenters. The summed E-state index contributed by atoms with van der Waals surface area (Å²) in [5, 5.41) is 0. The first kappa shape index (κ1) is 14.6. The molecule has 2 fully saturated rings. The van der Waals surface area contributed by atoms with Crippen LogP contribution in [0.3, 0.4) is 0 Å². The quantitative estimate of drug-likeness (QED) is 0.920. The van der Waals surface area contributed by atoms with E-state index in [9.17, 15) is 0 Å². The molecular weight excluding hydrogens is 264 g/mol. The summed E-state index contributed by atoms with van der Waals surface area (Å²) in [4.78, 5) is 11.5. The Morgan fingerprint density at radius 3 is 2.90 bits per heavy atom. The van der Waals surface area contributed by atoms with Crippen molar-refractivity contribution in [1.29, 1.82) is 0 Å². The molecule has 2 N–H and O–H groups in total. The molecule has 0 spiro atoms. The van der Waals surface area contributed by atoms with Gasteiger partial charge in [0.2, 0.25) is 11.8 Å². The van der Waals surface area contributed by atoms with Gasteiger partial charge in [0.25, 0.3) is 0 Å². The molecule has 1 unspecified atom stereocenters. The highest BCUT2D eigenvalue weighted by Crippen LogP contribution is 2.37. The molecule has 0 radical (unpaired) electrons. The standard InChI is InChI=1S/C16H26N4O/c1-3-6-21-15-7-11(2)18-16(19-15)20-9-12-4-5-14(17)8-13(12)10-20/h7,12-14H,3-6,8-10,17H2,1-2H3/t12-,13+,14?/m1/s1. The molecule has 1 aromatic heterocycles. The van der Waals surface area contributed by atoms with Gasteiger partial charge in [-0.2, -0.15) is 4.98 Å². The van der Waals surface area contributed by atoms with Gasteiger partial charge in [-0.3, -0.25) is 0 Å². The molecule has 1 aliphatic carbocycles. The largest absolute Gasteiger partial charge is 0.478 e. The Labute approximate surface area is 126 Å². The van der Waals surface area contributed by atoms with Crippen molar-refractivity contribution >= 4 is 5.95 Å². The lowest BCUT2D eigenvalue weighted by Gasteiger charge is -2.27. The molecule has 0 aromatic carbocycles. The number of hydrogen-bond acceptors (Lipinski definition) is 5. The fourth-order valence-electron chi connectivity index (χ4n) is 3.58. The van der Waals surface area contributed by atoms with Crippen LogP contribution >= 0.6 is 0 Å². The molecule has 1 aliphatic heterocycles. The number of aromatic nitrogens is 2. The Hall–Kier alpha value is -1.36. The number of hydrogen-bond donors (Lipinski definition) is 1. The maximum absolute atomic E-state index is 6.11. The minimum Gasteiger partial charge on any atom is -0.478 e. The van der Waals surface area contributed by atoms with Crippen molar-refractivity contribution in [3.63, 3.8) is 0 Å². The summed E-state index contributed by atoms with van der Waals surface area (Å²) >= 11 is 0. The number of nitrogens with zero attached hydrogens (tertiary/aromatic N) is 3. The van der Waals surface area contributed by atoms with Crippen LogP contribution < -0.4 is 15.4 Å². The second-order valence-corrected chi connectivity index (χ2v) is 6.49. The molecule has 2 aliphatic rings. The van der Waals surface area contributed by atoms with Crippen LogP contribution in [0.1, 0.15) is 38.3 Å². The summed E-state index contributed by atoms with van der Waals surface area (Å²) in [5.41, 5.74) is 7.08. The van der Waals surface area contributed by atoms with Gasteiger partial charge >= 0.3 is 0 Å². The number of rotatable bonds is 4. The van der Waals surface area contributed by atoms with E-state index in [4.69, 9.17) is 10.5 Å². The Kier molecular flexibility index (Phi) is 4.29. The van der Waals surface area contributed by atoms with Crippen molar-refractivity contribution in [1.82, 2.24) is 9.97 Å². The smallest absolute Gasteiger partial charge is 0.228 e. The maximum atomic E-state index is 6.11. The lowest BCUT2D eigenvalue weighted by Crippen LogP contribution is -2.32. The zero-order chi connectivity index (χ0) is 14.8. The average molecular weight is 290 g/mol. The molecule has 0 bridgehead atoms. The van der Waals surface area contributed by atoms with Gasteiger partial charge in [0, 0.05) is 30.9 Å². The Morgan fingerprint density at radius 1 is 1.29 bits per heavy atom. The van der Waals surface area contributed by atoms with E-state index in [1.165, 1.54) is 6.42 Å². The molecule has 21 heavy (non-hydrogen) atoms. The highest BCUT2D eigenvalue weighted by Gasteiger charge is 2.37. The van der Waals surface area contributed by atoms with Gasteiger partial charge in [0.1, 0.15) is 0 Å². The number of anilines is 1. The first-order valence-electron chi connectivity index (χ1n) is 8.14. The van der Waals surface area contributed by atoms with Crippen LogP contribution in [-0.2, 0) is 0 Å². The number of aryl methyl sites for hydroxylation is 1. The summed E-state index contributed by atoms with van der Waals surface area (Å²) in [6.07, 6.45) is 4.54. The molecule has 116 valence electrons. The summed E-state index contributed by atoms with van der Waals surface area (Å²) in [5.74, 6) is 2.99. The predicted octanol–water partition coefficient (Wildman–Crippen LogP) is 2.14. The van der Waals surface area contributed by atoms with Crippen LogP contribution in [0.2, 0.25) is 0 Å². The third-order valence-corrected chi connectivity index (χ3v) is 4.65. The van der Waals surface area contributed by atoms with Crippen molar-refractivity contribution in [2.24, 2.45) is 17.6 Å². The second kappa shape index (κ2) is 6.18. The van der Waals surface area contributed by atoms with Gasteiger partial charge in [-0.15, -0.1) is 0 Å². The molecule has 3 rings (SSSR count). The minimum absolute atomic E-state index is 0.382. The molecule has 2 heterocycles. The summed E-state index contributed by atoms with van der Waals surface area (Å²) in [7, 11) is 0. The fourth-order valence-corrected chi connectivity index (χ4v) is 3.58. The summed E-state index contributed by atoms with van der Waals surface area (Å²) < 4.78 is 5.67. The summed E-state index contributed by atoms with van der Waals surface area (Å²) in [6, 6.07) is 2.30. The first-order chi connectivity index (χ1) is 10.2. The molecule has 5 nitrogen and oxygen atoms in total. The van der Waals surface area contributed by atoms with Crippen LogP contribution in [0.25, 0.3) is 0 Å². The van der Waals surface area contributed by atoms with E-state index >= 15 is 0 Å². The van der Waals surface area contributed by atoms with Crippen molar-refractivity contribution in [2.75, 3.05) is 24.6 Å². The van der Waals surface area contributed by atoms with E-state index in [1.807, 2.05) is 13.0 Å². The van der Waals surface area contributed by atoms with Crippen LogP contribution in [0.15, 0.2) is 6.07 Å². The summed E-state index contributed by atoms with van der Waals surface area (Å²) in [6.45, 7) is 6.91. The van der Waals surface area contributed by atoms with E-state index in [1.54, 1.807) is 0 Å². The monoisotopic (exact) mass is 290 g/mol. The lowest BCUT2D eigenvalue weighted by molar-refractivity contribution is 0.271. The van der Waals surface area contributed by atoms with Crippen LogP contribution in [-0.4, -0.2) is 35.7 Å². The van der Waals surface area contributed by atoms with E-state index < -0.39 is 0 Å². The van der Waals surface area contributed by atoms with Gasteiger partial charge in [-0.05, 0) is 44.4 Å². The minimum atomic E-state index is 0.382. The van der Waals surface area contributed by atoms with Crippen LogP contribution in [0, 0.1) is 18.8 Å². The number of nitrogens with two attached hydrogens (primary N) is 1. The third-order valence-electron chi connectivity index (χ3n) is 4.65. The molecule has 5 heteroatoms. The van der Waals surface area contributed by atoms with Gasteiger partial charge in [0.05, 0.1) is 6.61 Å². The highest BCUT2D eigenvalue weighted by molar-refractivity contribution is 5.36.